The topological polar surface area (TPSA) is 105 Å². The van der Waals surface area contributed by atoms with Crippen LogP contribution in [0.4, 0.5) is 11.4 Å². The average Bonchev–Trinajstić information content (AvgIpc) is 2.38. The molecule has 0 saturated carbocycles. The van der Waals surface area contributed by atoms with Crippen LogP contribution in [0.15, 0.2) is 24.3 Å². The van der Waals surface area contributed by atoms with Gasteiger partial charge in [-0.3, -0.25) is 19.7 Å². The van der Waals surface area contributed by atoms with Crippen LogP contribution in [0.2, 0.25) is 0 Å². The number of rotatable bonds is 5. The van der Waals surface area contributed by atoms with Gasteiger partial charge in [-0.05, 0) is 20.2 Å². The highest BCUT2D eigenvalue weighted by Gasteiger charge is 2.14. The highest BCUT2D eigenvalue weighted by Crippen LogP contribution is 2.16. The van der Waals surface area contributed by atoms with Crippen molar-refractivity contribution in [3.63, 3.8) is 0 Å². The van der Waals surface area contributed by atoms with E-state index in [-0.39, 0.29) is 11.4 Å². The summed E-state index contributed by atoms with van der Waals surface area (Å²) in [4.78, 5) is 34.9. The van der Waals surface area contributed by atoms with Crippen molar-refractivity contribution in [2.24, 2.45) is 0 Å². The van der Waals surface area contributed by atoms with E-state index < -0.39 is 16.7 Å². The molecule has 0 aliphatic carbocycles. The molecule has 0 aliphatic rings. The van der Waals surface area contributed by atoms with Crippen LogP contribution in [-0.2, 0) is 9.59 Å². The van der Waals surface area contributed by atoms with E-state index >= 15 is 0 Å². The van der Waals surface area contributed by atoms with Gasteiger partial charge in [-0.1, -0.05) is 6.07 Å². The molecule has 0 heterocycles. The quantitative estimate of drug-likeness (QED) is 0.456. The first-order valence-electron chi connectivity index (χ1n) is 5.88. The summed E-state index contributed by atoms with van der Waals surface area (Å²) in [5.41, 5.74) is 0.0442. The number of nitrogens with zero attached hydrogens (tertiary/aromatic N) is 2. The number of non-ortho nitro benzene ring substituents is 1. The van der Waals surface area contributed by atoms with Gasteiger partial charge in [0.2, 0.25) is 0 Å². The van der Waals surface area contributed by atoms with E-state index in [9.17, 15) is 19.7 Å². The van der Waals surface area contributed by atoms with Crippen LogP contribution in [0.25, 0.3) is 0 Å². The van der Waals surface area contributed by atoms with Gasteiger partial charge in [0.1, 0.15) is 0 Å². The maximum Gasteiger partial charge on any atom is 0.313 e. The van der Waals surface area contributed by atoms with Gasteiger partial charge in [-0.2, -0.15) is 0 Å². The van der Waals surface area contributed by atoms with Gasteiger partial charge in [0.25, 0.3) is 5.69 Å². The molecule has 0 spiro atoms. The first kappa shape index (κ1) is 15.6. The molecule has 8 nitrogen and oxygen atoms in total. The normalized spacial score (nSPS) is 10.2. The summed E-state index contributed by atoms with van der Waals surface area (Å²) < 4.78 is 0. The second-order valence-corrected chi connectivity index (χ2v) is 4.32. The fourth-order valence-electron chi connectivity index (χ4n) is 1.36. The van der Waals surface area contributed by atoms with Crippen LogP contribution in [-0.4, -0.2) is 48.8 Å². The molecule has 0 atom stereocenters. The summed E-state index contributed by atoms with van der Waals surface area (Å²) in [5.74, 6) is -1.64. The van der Waals surface area contributed by atoms with Gasteiger partial charge in [-0.25, -0.2) is 0 Å². The van der Waals surface area contributed by atoms with Crippen molar-refractivity contribution in [3.8, 4) is 0 Å². The highest BCUT2D eigenvalue weighted by atomic mass is 16.6. The van der Waals surface area contributed by atoms with Crippen molar-refractivity contribution in [3.05, 3.63) is 34.4 Å². The summed E-state index contributed by atoms with van der Waals surface area (Å²) in [6.45, 7) is 0.948. The predicted octanol–water partition coefficient (Wildman–Crippen LogP) is 0.211. The summed E-state index contributed by atoms with van der Waals surface area (Å²) in [6, 6.07) is 5.38. The fraction of sp³-hybridized carbons (Fsp3) is 0.333. The Hall–Kier alpha value is -2.48. The van der Waals surface area contributed by atoms with Crippen LogP contribution in [0.3, 0.4) is 0 Å². The lowest BCUT2D eigenvalue weighted by Gasteiger charge is -2.10. The number of hydrogen-bond donors (Lipinski definition) is 2. The zero-order chi connectivity index (χ0) is 15.1. The number of hydrogen-bond acceptors (Lipinski definition) is 5. The van der Waals surface area contributed by atoms with E-state index in [0.29, 0.717) is 13.1 Å². The van der Waals surface area contributed by atoms with E-state index in [1.54, 1.807) is 0 Å². The molecule has 0 aromatic heterocycles. The Morgan fingerprint density at radius 2 is 2.00 bits per heavy atom. The number of carbonyl (C=O) groups is 2. The van der Waals surface area contributed by atoms with Crippen molar-refractivity contribution in [1.82, 2.24) is 10.2 Å². The number of amides is 2. The Bertz CT molecular complexity index is 516. The van der Waals surface area contributed by atoms with E-state index in [2.05, 4.69) is 10.6 Å². The number of carbonyl (C=O) groups excluding carboxylic acids is 2. The molecule has 20 heavy (non-hydrogen) atoms. The van der Waals surface area contributed by atoms with Crippen molar-refractivity contribution in [2.45, 2.75) is 0 Å². The van der Waals surface area contributed by atoms with Crippen molar-refractivity contribution in [1.29, 1.82) is 0 Å². The summed E-state index contributed by atoms with van der Waals surface area (Å²) in [6.07, 6.45) is 0. The Morgan fingerprint density at radius 1 is 1.30 bits per heavy atom. The smallest absolute Gasteiger partial charge is 0.313 e. The molecular weight excluding hydrogens is 264 g/mol. The summed E-state index contributed by atoms with van der Waals surface area (Å²) in [7, 11) is 3.69. The van der Waals surface area contributed by atoms with E-state index in [1.165, 1.54) is 24.3 Å². The lowest BCUT2D eigenvalue weighted by molar-refractivity contribution is -0.384. The number of nitrogens with one attached hydrogen (secondary N) is 2. The average molecular weight is 280 g/mol. The van der Waals surface area contributed by atoms with Crippen LogP contribution >= 0.6 is 0 Å². The molecule has 0 radical (unpaired) electrons. The maximum atomic E-state index is 11.6. The SMILES string of the molecule is CN(C)CCNC(=O)C(=O)Nc1cccc([N+](=O)[O-])c1. The number of nitro groups is 1. The number of benzene rings is 1. The first-order valence-corrected chi connectivity index (χ1v) is 5.88. The van der Waals surface area contributed by atoms with Crippen LogP contribution in [0, 0.1) is 10.1 Å². The summed E-state index contributed by atoms with van der Waals surface area (Å²) >= 11 is 0. The standard InChI is InChI=1S/C12H16N4O4/c1-15(2)7-6-13-11(17)12(18)14-9-4-3-5-10(8-9)16(19)20/h3-5,8H,6-7H2,1-2H3,(H,13,17)(H,14,18). The molecule has 1 rings (SSSR count). The van der Waals surface area contributed by atoms with Crippen molar-refractivity contribution >= 4 is 23.2 Å². The zero-order valence-electron chi connectivity index (χ0n) is 11.3. The third kappa shape index (κ3) is 5.02. The van der Waals surface area contributed by atoms with E-state index in [1.807, 2.05) is 19.0 Å². The van der Waals surface area contributed by atoms with Gasteiger partial charge >= 0.3 is 11.8 Å². The van der Waals surface area contributed by atoms with Gasteiger partial charge in [0, 0.05) is 30.9 Å². The first-order chi connectivity index (χ1) is 9.40. The van der Waals surface area contributed by atoms with Crippen LogP contribution in [0.5, 0.6) is 0 Å². The van der Waals surface area contributed by atoms with Crippen molar-refractivity contribution in [2.75, 3.05) is 32.5 Å². The molecule has 0 aliphatic heterocycles. The summed E-state index contributed by atoms with van der Waals surface area (Å²) in [5, 5.41) is 15.3. The number of nitro benzene ring substituents is 1. The van der Waals surface area contributed by atoms with Gasteiger partial charge < -0.3 is 15.5 Å². The molecule has 0 saturated heterocycles. The molecule has 108 valence electrons. The lowest BCUT2D eigenvalue weighted by atomic mass is 10.3. The molecule has 0 fully saturated rings. The maximum absolute atomic E-state index is 11.6. The lowest BCUT2D eigenvalue weighted by Crippen LogP contribution is -2.38. The Morgan fingerprint density at radius 3 is 2.60 bits per heavy atom. The monoisotopic (exact) mass is 280 g/mol. The second kappa shape index (κ2) is 7.19. The molecule has 2 N–H and O–H groups in total. The highest BCUT2D eigenvalue weighted by molar-refractivity contribution is 6.39. The minimum atomic E-state index is -0.857. The predicted molar refractivity (Wildman–Crippen MR) is 73.3 cm³/mol. The number of likely N-dealkylation sites (N-methyl/N-ethyl adjacent to an activating group) is 1. The zero-order valence-corrected chi connectivity index (χ0v) is 11.3. The van der Waals surface area contributed by atoms with Gasteiger partial charge in [0.15, 0.2) is 0 Å². The molecule has 0 unspecified atom stereocenters. The largest absolute Gasteiger partial charge is 0.347 e. The molecule has 1 aromatic rings. The van der Waals surface area contributed by atoms with E-state index in [0.717, 1.165) is 0 Å². The second-order valence-electron chi connectivity index (χ2n) is 4.32. The fourth-order valence-corrected chi connectivity index (χ4v) is 1.36. The molecule has 1 aromatic carbocycles. The third-order valence-corrected chi connectivity index (χ3v) is 2.37. The molecule has 8 heteroatoms. The Labute approximate surface area is 115 Å². The van der Waals surface area contributed by atoms with Crippen LogP contribution in [0.1, 0.15) is 0 Å². The Balaban J connectivity index is 2.55. The van der Waals surface area contributed by atoms with Gasteiger partial charge in [-0.15, -0.1) is 0 Å². The molecule has 2 amide bonds. The molecule has 0 bridgehead atoms. The molecular formula is C12H16N4O4. The van der Waals surface area contributed by atoms with Gasteiger partial charge in [0.05, 0.1) is 4.92 Å². The number of anilines is 1. The minimum Gasteiger partial charge on any atom is -0.347 e. The minimum absolute atomic E-state index is 0.157. The van der Waals surface area contributed by atoms with Crippen LogP contribution < -0.4 is 10.6 Å². The third-order valence-electron chi connectivity index (χ3n) is 2.37. The van der Waals surface area contributed by atoms with Crippen molar-refractivity contribution < 1.29 is 14.5 Å². The Kier molecular flexibility index (Phi) is 5.60. The van der Waals surface area contributed by atoms with E-state index in [4.69, 9.17) is 0 Å².